The van der Waals surface area contributed by atoms with E-state index in [0.717, 1.165) is 17.7 Å². The second kappa shape index (κ2) is 9.26. The fourth-order valence-corrected chi connectivity index (χ4v) is 3.98. The Balaban J connectivity index is 1.77. The lowest BCUT2D eigenvalue weighted by Gasteiger charge is -2.12. The first-order valence-corrected chi connectivity index (χ1v) is 10.9. The van der Waals surface area contributed by atoms with Crippen molar-refractivity contribution in [3.63, 3.8) is 0 Å². The second-order valence-electron chi connectivity index (χ2n) is 7.00. The number of benzene rings is 1. The molecule has 0 aliphatic rings. The molecule has 1 amide bonds. The second-order valence-corrected chi connectivity index (χ2v) is 7.94. The number of nitrogens with one attached hydrogen (secondary N) is 1. The molecule has 0 fully saturated rings. The number of fused-ring (bicyclic) bond motifs is 1. The number of hydrogen-bond donors (Lipinski definition) is 1. The predicted octanol–water partition coefficient (Wildman–Crippen LogP) is 3.05. The highest BCUT2D eigenvalue weighted by atomic mass is 32.2. The molecule has 2 aromatic heterocycles. The van der Waals surface area contributed by atoms with Crippen LogP contribution in [0.1, 0.15) is 37.1 Å². The normalized spacial score (nSPS) is 11.2. The maximum absolute atomic E-state index is 13.1. The van der Waals surface area contributed by atoms with Gasteiger partial charge < -0.3 is 5.32 Å². The number of rotatable bonds is 8. The third-order valence-electron chi connectivity index (χ3n) is 4.67. The van der Waals surface area contributed by atoms with Gasteiger partial charge in [-0.15, -0.1) is 0 Å². The summed E-state index contributed by atoms with van der Waals surface area (Å²) in [5.74, 6) is 0.114. The fraction of sp³-hybridized carbons (Fsp3) is 0.429. The minimum atomic E-state index is -0.0955. The quantitative estimate of drug-likeness (QED) is 0.453. The molecule has 0 saturated heterocycles. The molecule has 0 unspecified atom stereocenters. The Hall–Kier alpha value is -2.61. The first-order valence-electron chi connectivity index (χ1n) is 9.87. The molecule has 2 heterocycles. The number of aromatic nitrogens is 4. The summed E-state index contributed by atoms with van der Waals surface area (Å²) in [5, 5.41) is 7.92. The van der Waals surface area contributed by atoms with Gasteiger partial charge >= 0.3 is 0 Å². The lowest BCUT2D eigenvalue weighted by atomic mass is 10.1. The number of aryl methyl sites for hydroxylation is 3. The van der Waals surface area contributed by atoms with Crippen molar-refractivity contribution in [3.8, 4) is 0 Å². The molecule has 3 rings (SSSR count). The van der Waals surface area contributed by atoms with E-state index in [2.05, 4.69) is 15.4 Å². The van der Waals surface area contributed by atoms with Crippen LogP contribution in [-0.2, 0) is 24.4 Å². The van der Waals surface area contributed by atoms with E-state index in [1.807, 2.05) is 52.0 Å². The topological polar surface area (TPSA) is 81.8 Å². The fourth-order valence-electron chi connectivity index (χ4n) is 3.14. The molecular weight excluding hydrogens is 386 g/mol. The van der Waals surface area contributed by atoms with Gasteiger partial charge in [0.15, 0.2) is 10.7 Å². The zero-order valence-electron chi connectivity index (χ0n) is 17.4. The summed E-state index contributed by atoms with van der Waals surface area (Å²) in [4.78, 5) is 30.1. The van der Waals surface area contributed by atoms with Crippen LogP contribution in [0.4, 0.5) is 0 Å². The minimum absolute atomic E-state index is 0.0889. The standard InChI is InChI=1S/C21H27N5O2S/c1-5-11-25-20(28)19-18(15(4)24-26(19)6-2)23-21(25)29-13-17(27)22-12-16-9-7-14(3)8-10-16/h7-10H,5-6,11-13H2,1-4H3,(H,22,27). The molecule has 7 nitrogen and oxygen atoms in total. The smallest absolute Gasteiger partial charge is 0.280 e. The van der Waals surface area contributed by atoms with Crippen LogP contribution in [0.2, 0.25) is 0 Å². The monoisotopic (exact) mass is 413 g/mol. The van der Waals surface area contributed by atoms with Gasteiger partial charge in [-0.3, -0.25) is 18.8 Å². The SMILES string of the molecule is CCCn1c(SCC(=O)NCc2ccc(C)cc2)nc2c(C)nn(CC)c2c1=O. The van der Waals surface area contributed by atoms with E-state index in [-0.39, 0.29) is 17.2 Å². The molecule has 0 aliphatic heterocycles. The molecule has 0 aliphatic carbocycles. The summed E-state index contributed by atoms with van der Waals surface area (Å²) in [7, 11) is 0. The number of thioether (sulfide) groups is 1. The summed E-state index contributed by atoms with van der Waals surface area (Å²) in [6.45, 7) is 9.51. The van der Waals surface area contributed by atoms with Crippen LogP contribution in [0.25, 0.3) is 11.0 Å². The maximum Gasteiger partial charge on any atom is 0.280 e. The molecule has 154 valence electrons. The number of amides is 1. The van der Waals surface area contributed by atoms with Gasteiger partial charge in [-0.1, -0.05) is 48.5 Å². The summed E-state index contributed by atoms with van der Waals surface area (Å²) in [6, 6.07) is 8.06. The Kier molecular flexibility index (Phi) is 6.74. The highest BCUT2D eigenvalue weighted by Crippen LogP contribution is 2.20. The van der Waals surface area contributed by atoms with Gasteiger partial charge in [0.05, 0.1) is 11.4 Å². The van der Waals surface area contributed by atoms with Crippen LogP contribution < -0.4 is 10.9 Å². The van der Waals surface area contributed by atoms with Gasteiger partial charge in [0, 0.05) is 19.6 Å². The molecule has 29 heavy (non-hydrogen) atoms. The Morgan fingerprint density at radius 2 is 1.90 bits per heavy atom. The van der Waals surface area contributed by atoms with Crippen molar-refractivity contribution in [2.24, 2.45) is 0 Å². The van der Waals surface area contributed by atoms with Crippen LogP contribution in [0, 0.1) is 13.8 Å². The Morgan fingerprint density at radius 1 is 1.17 bits per heavy atom. The van der Waals surface area contributed by atoms with Crippen molar-refractivity contribution in [3.05, 3.63) is 51.4 Å². The first kappa shape index (κ1) is 21.1. The van der Waals surface area contributed by atoms with E-state index in [0.29, 0.717) is 35.8 Å². The molecular formula is C21H27N5O2S. The lowest BCUT2D eigenvalue weighted by molar-refractivity contribution is -0.118. The van der Waals surface area contributed by atoms with Gasteiger partial charge in [-0.2, -0.15) is 5.10 Å². The van der Waals surface area contributed by atoms with Crippen molar-refractivity contribution in [2.45, 2.75) is 58.9 Å². The average Bonchev–Trinajstić information content (AvgIpc) is 3.04. The van der Waals surface area contributed by atoms with Gasteiger partial charge in [0.1, 0.15) is 5.52 Å². The molecule has 0 bridgehead atoms. The Bertz CT molecular complexity index is 1070. The number of carbonyl (C=O) groups is 1. The largest absolute Gasteiger partial charge is 0.351 e. The van der Waals surface area contributed by atoms with E-state index >= 15 is 0 Å². The van der Waals surface area contributed by atoms with Gasteiger partial charge in [0.2, 0.25) is 5.91 Å². The summed E-state index contributed by atoms with van der Waals surface area (Å²) < 4.78 is 3.36. The van der Waals surface area contributed by atoms with E-state index in [9.17, 15) is 9.59 Å². The lowest BCUT2D eigenvalue weighted by Crippen LogP contribution is -2.27. The third kappa shape index (κ3) is 4.70. The van der Waals surface area contributed by atoms with E-state index in [4.69, 9.17) is 0 Å². The van der Waals surface area contributed by atoms with Crippen LogP contribution in [0.15, 0.2) is 34.2 Å². The number of nitrogens with zero attached hydrogens (tertiary/aromatic N) is 4. The zero-order chi connectivity index (χ0) is 21.0. The van der Waals surface area contributed by atoms with Crippen molar-refractivity contribution in [2.75, 3.05) is 5.75 Å². The van der Waals surface area contributed by atoms with Gasteiger partial charge in [-0.25, -0.2) is 4.98 Å². The van der Waals surface area contributed by atoms with Gasteiger partial charge in [0.25, 0.3) is 5.56 Å². The van der Waals surface area contributed by atoms with E-state index in [1.165, 1.54) is 17.3 Å². The van der Waals surface area contributed by atoms with Crippen LogP contribution in [0.3, 0.4) is 0 Å². The highest BCUT2D eigenvalue weighted by Gasteiger charge is 2.18. The first-order chi connectivity index (χ1) is 13.9. The maximum atomic E-state index is 13.1. The molecule has 1 N–H and O–H groups in total. The zero-order valence-corrected chi connectivity index (χ0v) is 18.2. The Morgan fingerprint density at radius 3 is 2.55 bits per heavy atom. The van der Waals surface area contributed by atoms with Gasteiger partial charge in [-0.05, 0) is 32.8 Å². The third-order valence-corrected chi connectivity index (χ3v) is 5.65. The molecule has 0 spiro atoms. The van der Waals surface area contributed by atoms with E-state index < -0.39 is 0 Å². The Labute approximate surface area is 174 Å². The molecule has 3 aromatic rings. The molecule has 0 atom stereocenters. The molecule has 0 radical (unpaired) electrons. The van der Waals surface area contributed by atoms with Crippen molar-refractivity contribution in [1.82, 2.24) is 24.6 Å². The molecule has 1 aromatic carbocycles. The minimum Gasteiger partial charge on any atom is -0.351 e. The average molecular weight is 414 g/mol. The van der Waals surface area contributed by atoms with E-state index in [1.54, 1.807) is 9.25 Å². The molecule has 8 heteroatoms. The van der Waals surface area contributed by atoms with Crippen LogP contribution in [-0.4, -0.2) is 31.0 Å². The summed E-state index contributed by atoms with van der Waals surface area (Å²) in [5.41, 5.74) is 4.03. The van der Waals surface area contributed by atoms with Crippen molar-refractivity contribution < 1.29 is 4.79 Å². The molecule has 0 saturated carbocycles. The number of carbonyl (C=O) groups excluding carboxylic acids is 1. The van der Waals surface area contributed by atoms with Crippen LogP contribution >= 0.6 is 11.8 Å². The summed E-state index contributed by atoms with van der Waals surface area (Å²) in [6.07, 6.45) is 0.805. The van der Waals surface area contributed by atoms with Crippen molar-refractivity contribution >= 4 is 28.7 Å². The highest BCUT2D eigenvalue weighted by molar-refractivity contribution is 7.99. The van der Waals surface area contributed by atoms with Crippen molar-refractivity contribution in [1.29, 1.82) is 0 Å². The number of hydrogen-bond acceptors (Lipinski definition) is 5. The predicted molar refractivity (Wildman–Crippen MR) is 116 cm³/mol. The van der Waals surface area contributed by atoms with Crippen LogP contribution in [0.5, 0.6) is 0 Å². The summed E-state index contributed by atoms with van der Waals surface area (Å²) >= 11 is 1.29.